The molecule has 1 aliphatic heterocycles. The lowest BCUT2D eigenvalue weighted by molar-refractivity contribution is 0.306. The molecule has 2 N–H and O–H groups in total. The number of nitrogens with zero attached hydrogens (tertiary/aromatic N) is 3. The summed E-state index contributed by atoms with van der Waals surface area (Å²) >= 11 is 0. The molecule has 0 saturated heterocycles. The van der Waals surface area contributed by atoms with Gasteiger partial charge in [0.2, 0.25) is 0 Å². The molecule has 3 heterocycles. The van der Waals surface area contributed by atoms with E-state index in [1.165, 1.54) is 5.56 Å². The van der Waals surface area contributed by atoms with Crippen molar-refractivity contribution < 1.29 is 4.74 Å². The number of nitrogens with one attached hydrogen (secondary N) is 2. The number of benzene rings is 3. The van der Waals surface area contributed by atoms with Gasteiger partial charge in [0.1, 0.15) is 18.9 Å². The molecule has 0 aliphatic carbocycles. The van der Waals surface area contributed by atoms with Gasteiger partial charge in [-0.3, -0.25) is 0 Å². The molecule has 7 heteroatoms. The Bertz CT molecular complexity index is 1540. The number of fused-ring (bicyclic) bond motifs is 2. The number of aromatic amines is 1. The summed E-state index contributed by atoms with van der Waals surface area (Å²) in [6, 6.07) is 24.4. The van der Waals surface area contributed by atoms with Crippen LogP contribution in [0.25, 0.3) is 22.2 Å². The van der Waals surface area contributed by atoms with Crippen LogP contribution in [0, 0.1) is 11.8 Å². The van der Waals surface area contributed by atoms with Crippen LogP contribution in [0.1, 0.15) is 47.8 Å². The average molecular weight is 492 g/mol. The van der Waals surface area contributed by atoms with E-state index >= 15 is 0 Å². The Labute approximate surface area is 215 Å². The molecular formula is C30H29N5O2. The first-order valence-electron chi connectivity index (χ1n) is 12.5. The van der Waals surface area contributed by atoms with Gasteiger partial charge in [-0.25, -0.2) is 0 Å². The van der Waals surface area contributed by atoms with E-state index in [0.29, 0.717) is 17.9 Å². The minimum absolute atomic E-state index is 0.0375. The maximum Gasteiger partial charge on any atom is 0.160 e. The Balaban J connectivity index is 0.00000137. The summed E-state index contributed by atoms with van der Waals surface area (Å²) < 4.78 is 6.13. The van der Waals surface area contributed by atoms with E-state index in [1.54, 1.807) is 0 Å². The highest BCUT2D eigenvalue weighted by molar-refractivity contribution is 6.02. The van der Waals surface area contributed by atoms with Gasteiger partial charge in [0.25, 0.3) is 0 Å². The maximum absolute atomic E-state index is 11.2. The van der Waals surface area contributed by atoms with Crippen LogP contribution in [0.4, 0.5) is 5.69 Å². The van der Waals surface area contributed by atoms with Crippen molar-refractivity contribution in [2.75, 3.05) is 5.32 Å². The lowest BCUT2D eigenvalue weighted by atomic mass is 9.96. The third-order valence-corrected chi connectivity index (χ3v) is 6.44. The molecule has 0 radical (unpaired) electrons. The third kappa shape index (κ3) is 4.68. The predicted octanol–water partition coefficient (Wildman–Crippen LogP) is 7.32. The van der Waals surface area contributed by atoms with Crippen molar-refractivity contribution in [2.45, 2.75) is 40.0 Å². The van der Waals surface area contributed by atoms with Crippen LogP contribution in [-0.2, 0) is 13.2 Å². The van der Waals surface area contributed by atoms with Crippen LogP contribution in [0.3, 0.4) is 0 Å². The Morgan fingerprint density at radius 2 is 1.78 bits per heavy atom. The maximum atomic E-state index is 11.2. The highest BCUT2D eigenvalue weighted by atomic mass is 16.5. The molecule has 5 aromatic rings. The molecular weight excluding hydrogens is 462 g/mol. The van der Waals surface area contributed by atoms with Crippen LogP contribution < -0.4 is 10.1 Å². The number of hydrogen-bond donors (Lipinski definition) is 2. The zero-order valence-corrected chi connectivity index (χ0v) is 21.2. The molecule has 1 aliphatic rings. The Kier molecular flexibility index (Phi) is 6.94. The normalized spacial score (nSPS) is 13.5. The number of anilines is 1. The van der Waals surface area contributed by atoms with Crippen molar-refractivity contribution in [1.29, 1.82) is 0 Å². The van der Waals surface area contributed by atoms with Gasteiger partial charge in [0.15, 0.2) is 5.65 Å². The van der Waals surface area contributed by atoms with Gasteiger partial charge in [-0.15, -0.1) is 5.10 Å². The number of H-pyrrole nitrogens is 1. The van der Waals surface area contributed by atoms with Gasteiger partial charge in [0, 0.05) is 34.0 Å². The molecule has 0 saturated carbocycles. The number of hydrogen-bond acceptors (Lipinski definition) is 6. The lowest BCUT2D eigenvalue weighted by Gasteiger charge is -2.20. The van der Waals surface area contributed by atoms with Gasteiger partial charge in [-0.2, -0.15) is 10.0 Å². The van der Waals surface area contributed by atoms with Crippen molar-refractivity contribution in [3.63, 3.8) is 0 Å². The minimum atomic E-state index is -0.157. The first kappa shape index (κ1) is 24.2. The number of rotatable bonds is 6. The first-order valence-corrected chi connectivity index (χ1v) is 12.5. The summed E-state index contributed by atoms with van der Waals surface area (Å²) in [6.07, 6.45) is 1.96. The number of aromatic nitrogens is 3. The Morgan fingerprint density at radius 3 is 2.59 bits per heavy atom. The van der Waals surface area contributed by atoms with Crippen molar-refractivity contribution >= 4 is 16.7 Å². The second-order valence-electron chi connectivity index (χ2n) is 8.75. The van der Waals surface area contributed by atoms with Crippen molar-refractivity contribution in [2.24, 2.45) is 5.18 Å². The monoisotopic (exact) mass is 491 g/mol. The summed E-state index contributed by atoms with van der Waals surface area (Å²) in [4.78, 5) is 14.4. The fourth-order valence-corrected chi connectivity index (χ4v) is 4.72. The van der Waals surface area contributed by atoms with E-state index in [1.807, 2.05) is 56.4 Å². The minimum Gasteiger partial charge on any atom is -0.489 e. The van der Waals surface area contributed by atoms with Crippen LogP contribution in [-0.4, -0.2) is 15.2 Å². The second kappa shape index (κ2) is 10.6. The molecule has 0 bridgehead atoms. The molecule has 0 amide bonds. The largest absolute Gasteiger partial charge is 0.489 e. The predicted molar refractivity (Wildman–Crippen MR) is 148 cm³/mol. The molecule has 186 valence electrons. The third-order valence-electron chi connectivity index (χ3n) is 6.44. The summed E-state index contributed by atoms with van der Waals surface area (Å²) in [5, 5.41) is 16.4. The summed E-state index contributed by atoms with van der Waals surface area (Å²) in [7, 11) is 0. The summed E-state index contributed by atoms with van der Waals surface area (Å²) in [6.45, 7) is 6.54. The van der Waals surface area contributed by atoms with E-state index in [0.717, 1.165) is 44.6 Å². The zero-order chi connectivity index (χ0) is 25.8. The molecule has 6 rings (SSSR count). The van der Waals surface area contributed by atoms with Crippen LogP contribution >= 0.6 is 0 Å². The molecule has 3 aromatic carbocycles. The van der Waals surface area contributed by atoms with E-state index in [2.05, 4.69) is 69.0 Å². The second-order valence-corrected chi connectivity index (χ2v) is 8.75. The van der Waals surface area contributed by atoms with Crippen molar-refractivity contribution in [3.8, 4) is 16.9 Å². The van der Waals surface area contributed by atoms with Gasteiger partial charge in [-0.05, 0) is 36.2 Å². The summed E-state index contributed by atoms with van der Waals surface area (Å²) in [5.74, 6) is 0.799. The molecule has 1 atom stereocenters. The highest BCUT2D eigenvalue weighted by Gasteiger charge is 2.28. The highest BCUT2D eigenvalue weighted by Crippen LogP contribution is 2.45. The summed E-state index contributed by atoms with van der Waals surface area (Å²) in [5.41, 5.74) is 8.51. The van der Waals surface area contributed by atoms with Crippen LogP contribution in [0.5, 0.6) is 5.75 Å². The number of ether oxygens (including phenoxy) is 1. The standard InChI is InChI=1S/C28H23N5O2.C2H6/c1-17-9-11-18(12-10-17)16-35-20-6-4-5-19(13-20)27-22-14-29-28-26(22)25(24(15-30-34)32-33-28)21-7-2-3-8-23(21)31-27;1-2/h2-14,27,31H,15-16H2,1H3,(H,29,33);1-2H3. The quantitative estimate of drug-likeness (QED) is 0.243. The number of nitroso groups, excluding NO2 is 1. The molecule has 37 heavy (non-hydrogen) atoms. The Hall–Kier alpha value is -4.52. The van der Waals surface area contributed by atoms with Gasteiger partial charge >= 0.3 is 0 Å². The molecule has 2 aromatic heterocycles. The molecule has 1 unspecified atom stereocenters. The molecule has 0 fully saturated rings. The average Bonchev–Trinajstić information content (AvgIpc) is 3.30. The van der Waals surface area contributed by atoms with Crippen LogP contribution in [0.15, 0.2) is 84.2 Å². The fourth-order valence-electron chi connectivity index (χ4n) is 4.72. The van der Waals surface area contributed by atoms with E-state index in [4.69, 9.17) is 4.74 Å². The van der Waals surface area contributed by atoms with E-state index in [9.17, 15) is 4.91 Å². The molecule has 7 nitrogen and oxygen atoms in total. The molecule has 0 spiro atoms. The SMILES string of the molecule is CC.Cc1ccc(COc2cccc(C3Nc4ccccc4-c4c(CN=O)nnc5[nH]cc3c45)c2)cc1. The van der Waals surface area contributed by atoms with Crippen molar-refractivity contribution in [3.05, 3.63) is 112 Å². The number of para-hydroxylation sites is 1. The smallest absolute Gasteiger partial charge is 0.160 e. The Morgan fingerprint density at radius 1 is 0.973 bits per heavy atom. The number of aryl methyl sites for hydroxylation is 1. The van der Waals surface area contributed by atoms with Gasteiger partial charge in [0.05, 0.1) is 11.7 Å². The van der Waals surface area contributed by atoms with E-state index < -0.39 is 0 Å². The van der Waals surface area contributed by atoms with E-state index in [-0.39, 0.29) is 12.6 Å². The van der Waals surface area contributed by atoms with Crippen molar-refractivity contribution in [1.82, 2.24) is 15.2 Å². The zero-order valence-electron chi connectivity index (χ0n) is 21.2. The fraction of sp³-hybridized carbons (Fsp3) is 0.200. The van der Waals surface area contributed by atoms with Gasteiger partial charge in [-0.1, -0.05) is 79.2 Å². The van der Waals surface area contributed by atoms with Crippen LogP contribution in [0.2, 0.25) is 0 Å². The first-order chi connectivity index (χ1) is 18.2. The van der Waals surface area contributed by atoms with Gasteiger partial charge < -0.3 is 15.0 Å². The topological polar surface area (TPSA) is 92.3 Å². The lowest BCUT2D eigenvalue weighted by Crippen LogP contribution is -2.11.